The Morgan fingerprint density at radius 2 is 2.07 bits per heavy atom. The van der Waals surface area contributed by atoms with Crippen molar-refractivity contribution in [2.45, 2.75) is 26.9 Å². The smallest absolute Gasteiger partial charge is 0.164 e. The summed E-state index contributed by atoms with van der Waals surface area (Å²) >= 11 is 0. The van der Waals surface area contributed by atoms with E-state index in [2.05, 4.69) is 34.3 Å². The summed E-state index contributed by atoms with van der Waals surface area (Å²) < 4.78 is 1.76. The monoisotopic (exact) mass is 198 g/mol. The normalized spacial score (nSPS) is 11.1. The van der Waals surface area contributed by atoms with Gasteiger partial charge in [-0.15, -0.1) is 5.10 Å². The zero-order chi connectivity index (χ0) is 10.4. The van der Waals surface area contributed by atoms with Crippen LogP contribution < -0.4 is 5.73 Å². The Kier molecular flexibility index (Phi) is 4.48. The number of rotatable bonds is 6. The van der Waals surface area contributed by atoms with Gasteiger partial charge in [0.1, 0.15) is 0 Å². The highest BCUT2D eigenvalue weighted by Gasteiger charge is 2.05. The van der Waals surface area contributed by atoms with Crippen LogP contribution in [-0.4, -0.2) is 44.7 Å². The maximum atomic E-state index is 5.49. The van der Waals surface area contributed by atoms with Crippen molar-refractivity contribution in [1.82, 2.24) is 25.1 Å². The molecule has 1 aromatic heterocycles. The van der Waals surface area contributed by atoms with E-state index in [4.69, 9.17) is 5.73 Å². The van der Waals surface area contributed by atoms with Crippen molar-refractivity contribution in [3.63, 3.8) is 0 Å². The van der Waals surface area contributed by atoms with Gasteiger partial charge in [0.2, 0.25) is 0 Å². The molecule has 0 aliphatic carbocycles. The maximum absolute atomic E-state index is 5.49. The van der Waals surface area contributed by atoms with Gasteiger partial charge in [0, 0.05) is 6.54 Å². The number of hydrogen-bond acceptors (Lipinski definition) is 5. The molecule has 14 heavy (non-hydrogen) atoms. The zero-order valence-electron chi connectivity index (χ0n) is 8.85. The zero-order valence-corrected chi connectivity index (χ0v) is 8.85. The summed E-state index contributed by atoms with van der Waals surface area (Å²) in [5, 5.41) is 11.3. The lowest BCUT2D eigenvalue weighted by atomic mass is 10.4. The Labute approximate surface area is 84.1 Å². The number of hydrogen-bond donors (Lipinski definition) is 1. The molecule has 0 saturated carbocycles. The molecule has 80 valence electrons. The molecule has 1 rings (SSSR count). The van der Waals surface area contributed by atoms with E-state index < -0.39 is 0 Å². The van der Waals surface area contributed by atoms with Crippen molar-refractivity contribution in [2.75, 3.05) is 19.6 Å². The molecule has 0 aliphatic rings. The topological polar surface area (TPSA) is 72.9 Å². The summed E-state index contributed by atoms with van der Waals surface area (Å²) in [7, 11) is 0. The average Bonchev–Trinajstić information content (AvgIpc) is 2.67. The molecule has 0 amide bonds. The van der Waals surface area contributed by atoms with Crippen LogP contribution in [0.2, 0.25) is 0 Å². The van der Waals surface area contributed by atoms with Crippen LogP contribution in [-0.2, 0) is 13.1 Å². The van der Waals surface area contributed by atoms with Gasteiger partial charge in [-0.3, -0.25) is 0 Å². The first kappa shape index (κ1) is 11.1. The Balaban J connectivity index is 2.44. The molecule has 0 saturated heterocycles. The quantitative estimate of drug-likeness (QED) is 0.665. The van der Waals surface area contributed by atoms with Crippen LogP contribution in [0, 0.1) is 0 Å². The minimum Gasteiger partial charge on any atom is -0.324 e. The van der Waals surface area contributed by atoms with Gasteiger partial charge in [0.25, 0.3) is 0 Å². The summed E-state index contributed by atoms with van der Waals surface area (Å²) in [6, 6.07) is 0. The van der Waals surface area contributed by atoms with Crippen molar-refractivity contribution in [3.05, 3.63) is 5.82 Å². The van der Waals surface area contributed by atoms with Gasteiger partial charge in [-0.2, -0.15) is 0 Å². The standard InChI is InChI=1S/C8H18N6/c1-3-13(4-2)5-6-14-8(7-9)10-11-12-14/h3-7,9H2,1-2H3. The van der Waals surface area contributed by atoms with Crippen LogP contribution in [0.5, 0.6) is 0 Å². The fourth-order valence-corrected chi connectivity index (χ4v) is 1.32. The molecule has 0 aliphatic heterocycles. The first-order valence-corrected chi connectivity index (χ1v) is 4.99. The third kappa shape index (κ3) is 2.74. The van der Waals surface area contributed by atoms with Crippen LogP contribution in [0.3, 0.4) is 0 Å². The van der Waals surface area contributed by atoms with E-state index in [0.29, 0.717) is 6.54 Å². The van der Waals surface area contributed by atoms with Gasteiger partial charge in [-0.25, -0.2) is 4.68 Å². The second kappa shape index (κ2) is 5.66. The predicted octanol–water partition coefficient (Wildman–Crippen LogP) is -0.526. The van der Waals surface area contributed by atoms with Crippen LogP contribution in [0.4, 0.5) is 0 Å². The van der Waals surface area contributed by atoms with Gasteiger partial charge in [0.05, 0.1) is 13.1 Å². The number of aromatic nitrogens is 4. The van der Waals surface area contributed by atoms with Gasteiger partial charge in [0.15, 0.2) is 5.82 Å². The van der Waals surface area contributed by atoms with Crippen LogP contribution in [0.1, 0.15) is 19.7 Å². The second-order valence-electron chi connectivity index (χ2n) is 3.05. The number of nitrogens with zero attached hydrogens (tertiary/aromatic N) is 5. The molecule has 6 heteroatoms. The highest BCUT2D eigenvalue weighted by Crippen LogP contribution is 1.93. The van der Waals surface area contributed by atoms with E-state index in [1.54, 1.807) is 4.68 Å². The third-order valence-electron chi connectivity index (χ3n) is 2.31. The van der Waals surface area contributed by atoms with E-state index in [1.807, 2.05) is 0 Å². The van der Waals surface area contributed by atoms with Gasteiger partial charge in [-0.05, 0) is 23.5 Å². The first-order valence-electron chi connectivity index (χ1n) is 4.99. The predicted molar refractivity (Wildman–Crippen MR) is 53.5 cm³/mol. The van der Waals surface area contributed by atoms with E-state index in [-0.39, 0.29) is 0 Å². The minimum atomic E-state index is 0.394. The number of tetrazole rings is 1. The molecular weight excluding hydrogens is 180 g/mol. The molecule has 0 fully saturated rings. The summed E-state index contributed by atoms with van der Waals surface area (Å²) in [6.07, 6.45) is 0. The Bertz CT molecular complexity index is 254. The first-order chi connectivity index (χ1) is 6.81. The highest BCUT2D eigenvalue weighted by atomic mass is 15.5. The molecule has 1 heterocycles. The fraction of sp³-hybridized carbons (Fsp3) is 0.875. The molecule has 0 spiro atoms. The molecular formula is C8H18N6. The van der Waals surface area contributed by atoms with Crippen molar-refractivity contribution < 1.29 is 0 Å². The van der Waals surface area contributed by atoms with Gasteiger partial charge in [-0.1, -0.05) is 13.8 Å². The molecule has 0 bridgehead atoms. The maximum Gasteiger partial charge on any atom is 0.164 e. The summed E-state index contributed by atoms with van der Waals surface area (Å²) in [6.45, 7) is 8.56. The van der Waals surface area contributed by atoms with E-state index in [1.165, 1.54) is 0 Å². The Hall–Kier alpha value is -1.01. The van der Waals surface area contributed by atoms with Crippen molar-refractivity contribution in [3.8, 4) is 0 Å². The van der Waals surface area contributed by atoms with Crippen molar-refractivity contribution >= 4 is 0 Å². The van der Waals surface area contributed by atoms with Crippen molar-refractivity contribution in [2.24, 2.45) is 5.73 Å². The number of likely N-dealkylation sites (N-methyl/N-ethyl adjacent to an activating group) is 1. The highest BCUT2D eigenvalue weighted by molar-refractivity contribution is 4.78. The van der Waals surface area contributed by atoms with Gasteiger partial charge < -0.3 is 10.6 Å². The Morgan fingerprint density at radius 1 is 1.36 bits per heavy atom. The van der Waals surface area contributed by atoms with E-state index >= 15 is 0 Å². The molecule has 0 unspecified atom stereocenters. The summed E-state index contributed by atoms with van der Waals surface area (Å²) in [5.74, 6) is 0.747. The van der Waals surface area contributed by atoms with Crippen LogP contribution in [0.25, 0.3) is 0 Å². The molecule has 0 atom stereocenters. The summed E-state index contributed by atoms with van der Waals surface area (Å²) in [5.41, 5.74) is 5.49. The van der Waals surface area contributed by atoms with Gasteiger partial charge >= 0.3 is 0 Å². The molecule has 0 radical (unpaired) electrons. The number of nitrogens with two attached hydrogens (primary N) is 1. The lowest BCUT2D eigenvalue weighted by molar-refractivity contribution is 0.282. The minimum absolute atomic E-state index is 0.394. The Morgan fingerprint density at radius 3 is 2.64 bits per heavy atom. The SMILES string of the molecule is CCN(CC)CCn1nnnc1CN. The molecule has 6 nitrogen and oxygen atoms in total. The largest absolute Gasteiger partial charge is 0.324 e. The molecule has 2 N–H and O–H groups in total. The fourth-order valence-electron chi connectivity index (χ4n) is 1.32. The molecule has 0 aromatic carbocycles. The second-order valence-corrected chi connectivity index (χ2v) is 3.05. The van der Waals surface area contributed by atoms with E-state index in [0.717, 1.165) is 32.0 Å². The van der Waals surface area contributed by atoms with Crippen molar-refractivity contribution in [1.29, 1.82) is 0 Å². The lowest BCUT2D eigenvalue weighted by Gasteiger charge is -2.17. The molecule has 1 aromatic rings. The third-order valence-corrected chi connectivity index (χ3v) is 2.31. The van der Waals surface area contributed by atoms with Crippen LogP contribution >= 0.6 is 0 Å². The average molecular weight is 198 g/mol. The lowest BCUT2D eigenvalue weighted by Crippen LogP contribution is -2.28. The van der Waals surface area contributed by atoms with E-state index in [9.17, 15) is 0 Å². The summed E-state index contributed by atoms with van der Waals surface area (Å²) in [4.78, 5) is 2.32. The van der Waals surface area contributed by atoms with Crippen LogP contribution in [0.15, 0.2) is 0 Å².